The zero-order valence-electron chi connectivity index (χ0n) is 6.71. The van der Waals surface area contributed by atoms with Crippen LogP contribution >= 0.6 is 0 Å². The molecule has 0 heterocycles. The topological polar surface area (TPSA) is 52.6 Å². The highest BCUT2D eigenvalue weighted by atomic mass is 16.3. The maximum Gasteiger partial charge on any atom is 0.317 e. The van der Waals surface area contributed by atoms with Gasteiger partial charge in [-0.1, -0.05) is 6.08 Å². The largest absolute Gasteiger partial charge is 0.395 e. The molecule has 0 atom stereocenters. The van der Waals surface area contributed by atoms with Gasteiger partial charge in [0.2, 0.25) is 0 Å². The van der Waals surface area contributed by atoms with E-state index in [2.05, 4.69) is 11.9 Å². The first kappa shape index (κ1) is 9.97. The van der Waals surface area contributed by atoms with Gasteiger partial charge >= 0.3 is 6.03 Å². The van der Waals surface area contributed by atoms with Gasteiger partial charge in [-0.25, -0.2) is 4.79 Å². The van der Waals surface area contributed by atoms with Crippen molar-refractivity contribution in [2.45, 2.75) is 0 Å². The van der Waals surface area contributed by atoms with Crippen LogP contribution in [-0.4, -0.2) is 42.8 Å². The Kier molecular flexibility index (Phi) is 5.20. The van der Waals surface area contributed by atoms with Crippen LogP contribution in [0.1, 0.15) is 0 Å². The SMILES string of the molecule is C=CCN(CCO)C(=O)NC. The monoisotopic (exact) mass is 158 g/mol. The quantitative estimate of drug-likeness (QED) is 0.557. The maximum atomic E-state index is 10.9. The van der Waals surface area contributed by atoms with E-state index in [1.54, 1.807) is 13.1 Å². The van der Waals surface area contributed by atoms with Crippen LogP contribution in [0.3, 0.4) is 0 Å². The zero-order chi connectivity index (χ0) is 8.69. The van der Waals surface area contributed by atoms with Gasteiger partial charge in [0.25, 0.3) is 0 Å². The van der Waals surface area contributed by atoms with Crippen LogP contribution < -0.4 is 5.32 Å². The average molecular weight is 158 g/mol. The van der Waals surface area contributed by atoms with Gasteiger partial charge in [-0.3, -0.25) is 0 Å². The van der Waals surface area contributed by atoms with Gasteiger partial charge in [0.05, 0.1) is 6.61 Å². The lowest BCUT2D eigenvalue weighted by molar-refractivity contribution is 0.185. The number of rotatable bonds is 4. The van der Waals surface area contributed by atoms with Crippen molar-refractivity contribution in [1.82, 2.24) is 10.2 Å². The van der Waals surface area contributed by atoms with Crippen LogP contribution in [0.5, 0.6) is 0 Å². The Bertz CT molecular complexity index is 136. The Labute approximate surface area is 66.5 Å². The maximum absolute atomic E-state index is 10.9. The summed E-state index contributed by atoms with van der Waals surface area (Å²) < 4.78 is 0. The van der Waals surface area contributed by atoms with Crippen molar-refractivity contribution in [2.24, 2.45) is 0 Å². The second kappa shape index (κ2) is 5.73. The summed E-state index contributed by atoms with van der Waals surface area (Å²) in [6, 6.07) is -0.195. The smallest absolute Gasteiger partial charge is 0.317 e. The minimum absolute atomic E-state index is 0.0265. The van der Waals surface area contributed by atoms with E-state index in [-0.39, 0.29) is 12.6 Å². The molecule has 0 aliphatic rings. The predicted molar refractivity (Wildman–Crippen MR) is 43.3 cm³/mol. The highest BCUT2D eigenvalue weighted by molar-refractivity contribution is 5.73. The number of aliphatic hydroxyl groups is 1. The molecule has 0 aromatic heterocycles. The van der Waals surface area contributed by atoms with E-state index < -0.39 is 0 Å². The lowest BCUT2D eigenvalue weighted by Crippen LogP contribution is -2.39. The van der Waals surface area contributed by atoms with Crippen LogP contribution in [0, 0.1) is 0 Å². The first-order valence-corrected chi connectivity index (χ1v) is 3.44. The third-order valence-electron chi connectivity index (χ3n) is 1.22. The van der Waals surface area contributed by atoms with E-state index in [0.29, 0.717) is 13.1 Å². The number of nitrogens with zero attached hydrogens (tertiary/aromatic N) is 1. The number of urea groups is 1. The van der Waals surface area contributed by atoms with Crippen molar-refractivity contribution < 1.29 is 9.90 Å². The lowest BCUT2D eigenvalue weighted by Gasteiger charge is -2.18. The normalized spacial score (nSPS) is 8.91. The molecule has 0 aliphatic heterocycles. The summed E-state index contributed by atoms with van der Waals surface area (Å²) in [5.41, 5.74) is 0. The number of aliphatic hydroxyl groups excluding tert-OH is 1. The molecule has 2 N–H and O–H groups in total. The summed E-state index contributed by atoms with van der Waals surface area (Å²) in [7, 11) is 1.55. The van der Waals surface area contributed by atoms with Crippen LogP contribution in [0.15, 0.2) is 12.7 Å². The summed E-state index contributed by atoms with van der Waals surface area (Å²) in [4.78, 5) is 12.4. The van der Waals surface area contributed by atoms with E-state index in [1.165, 1.54) is 4.90 Å². The van der Waals surface area contributed by atoms with Gasteiger partial charge in [-0.15, -0.1) is 6.58 Å². The zero-order valence-corrected chi connectivity index (χ0v) is 6.71. The fourth-order valence-electron chi connectivity index (χ4n) is 0.710. The van der Waals surface area contributed by atoms with Crippen molar-refractivity contribution >= 4 is 6.03 Å². The summed E-state index contributed by atoms with van der Waals surface area (Å²) in [5, 5.41) is 11.0. The van der Waals surface area contributed by atoms with Gasteiger partial charge < -0.3 is 15.3 Å². The molecule has 0 saturated carbocycles. The minimum Gasteiger partial charge on any atom is -0.395 e. The Balaban J connectivity index is 3.86. The number of carbonyl (C=O) groups is 1. The Morgan fingerprint density at radius 2 is 2.45 bits per heavy atom. The van der Waals surface area contributed by atoms with E-state index in [0.717, 1.165) is 0 Å². The Morgan fingerprint density at radius 3 is 2.82 bits per heavy atom. The van der Waals surface area contributed by atoms with Crippen LogP contribution in [0.25, 0.3) is 0 Å². The standard InChI is InChI=1S/C7H14N2O2/c1-3-4-9(5-6-10)7(11)8-2/h3,10H,1,4-6H2,2H3,(H,8,11). The second-order valence-corrected chi connectivity index (χ2v) is 2.01. The number of carbonyl (C=O) groups excluding carboxylic acids is 1. The third kappa shape index (κ3) is 3.62. The molecule has 0 aromatic rings. The Morgan fingerprint density at radius 1 is 1.82 bits per heavy atom. The summed E-state index contributed by atoms with van der Waals surface area (Å²) >= 11 is 0. The van der Waals surface area contributed by atoms with E-state index >= 15 is 0 Å². The third-order valence-corrected chi connectivity index (χ3v) is 1.22. The van der Waals surface area contributed by atoms with E-state index in [1.807, 2.05) is 0 Å². The van der Waals surface area contributed by atoms with Gasteiger partial charge in [-0.05, 0) is 0 Å². The molecular formula is C7H14N2O2. The van der Waals surface area contributed by atoms with Crippen LogP contribution in [-0.2, 0) is 0 Å². The summed E-state index contributed by atoms with van der Waals surface area (Å²) in [5.74, 6) is 0. The summed E-state index contributed by atoms with van der Waals surface area (Å²) in [6.07, 6.45) is 1.62. The lowest BCUT2D eigenvalue weighted by atomic mass is 10.5. The fraction of sp³-hybridized carbons (Fsp3) is 0.571. The molecule has 0 radical (unpaired) electrons. The first-order chi connectivity index (χ1) is 5.26. The molecule has 2 amide bonds. The molecule has 0 bridgehead atoms. The van der Waals surface area contributed by atoms with Crippen molar-refractivity contribution in [3.8, 4) is 0 Å². The van der Waals surface area contributed by atoms with Crippen molar-refractivity contribution in [3.05, 3.63) is 12.7 Å². The summed E-state index contributed by atoms with van der Waals surface area (Å²) in [6.45, 7) is 4.27. The minimum atomic E-state index is -0.195. The van der Waals surface area contributed by atoms with E-state index in [9.17, 15) is 4.79 Å². The first-order valence-electron chi connectivity index (χ1n) is 3.44. The average Bonchev–Trinajstić information content (AvgIpc) is 2.03. The molecule has 11 heavy (non-hydrogen) atoms. The van der Waals surface area contributed by atoms with Gasteiger partial charge in [-0.2, -0.15) is 0 Å². The van der Waals surface area contributed by atoms with Crippen molar-refractivity contribution in [1.29, 1.82) is 0 Å². The molecule has 0 rings (SSSR count). The molecule has 0 aromatic carbocycles. The molecule has 0 aliphatic carbocycles. The van der Waals surface area contributed by atoms with Crippen LogP contribution in [0.2, 0.25) is 0 Å². The van der Waals surface area contributed by atoms with Crippen molar-refractivity contribution in [3.63, 3.8) is 0 Å². The highest BCUT2D eigenvalue weighted by Crippen LogP contribution is 1.87. The number of hydrogen-bond acceptors (Lipinski definition) is 2. The molecule has 0 fully saturated rings. The molecule has 4 heteroatoms. The number of amides is 2. The molecule has 0 saturated heterocycles. The second-order valence-electron chi connectivity index (χ2n) is 2.01. The molecule has 0 unspecified atom stereocenters. The van der Waals surface area contributed by atoms with Gasteiger partial charge in [0.1, 0.15) is 0 Å². The Hall–Kier alpha value is -1.03. The van der Waals surface area contributed by atoms with Gasteiger partial charge in [0, 0.05) is 20.1 Å². The molecular weight excluding hydrogens is 144 g/mol. The molecule has 4 nitrogen and oxygen atoms in total. The van der Waals surface area contributed by atoms with Crippen LogP contribution in [0.4, 0.5) is 4.79 Å². The number of hydrogen-bond donors (Lipinski definition) is 2. The molecule has 0 spiro atoms. The van der Waals surface area contributed by atoms with E-state index in [4.69, 9.17) is 5.11 Å². The highest BCUT2D eigenvalue weighted by Gasteiger charge is 2.07. The number of nitrogens with one attached hydrogen (secondary N) is 1. The van der Waals surface area contributed by atoms with Crippen molar-refractivity contribution in [2.75, 3.05) is 26.7 Å². The fourth-order valence-corrected chi connectivity index (χ4v) is 0.710. The predicted octanol–water partition coefficient (Wildman–Crippen LogP) is -0.194. The van der Waals surface area contributed by atoms with Gasteiger partial charge in [0.15, 0.2) is 0 Å². The molecule has 64 valence electrons.